The molecule has 0 bridgehead atoms. The quantitative estimate of drug-likeness (QED) is 0.752. The van der Waals surface area contributed by atoms with Crippen LogP contribution in [0.2, 0.25) is 0 Å². The average Bonchev–Trinajstić information content (AvgIpc) is 3.16. The Kier molecular flexibility index (Phi) is 4.91. The molecule has 24 heavy (non-hydrogen) atoms. The molecule has 0 saturated carbocycles. The first kappa shape index (κ1) is 16.2. The van der Waals surface area contributed by atoms with Crippen molar-refractivity contribution in [3.8, 4) is 11.4 Å². The summed E-state index contributed by atoms with van der Waals surface area (Å²) >= 11 is 0. The Bertz CT molecular complexity index is 768. The van der Waals surface area contributed by atoms with Gasteiger partial charge in [-0.15, -0.1) is 0 Å². The zero-order valence-electron chi connectivity index (χ0n) is 14.2. The highest BCUT2D eigenvalue weighted by Crippen LogP contribution is 2.22. The van der Waals surface area contributed by atoms with Gasteiger partial charge in [-0.2, -0.15) is 5.10 Å². The number of ether oxygens (including phenoxy) is 1. The predicted octanol–water partition coefficient (Wildman–Crippen LogP) is 3.69. The molecule has 5 nitrogen and oxygen atoms in total. The second-order valence-electron chi connectivity index (χ2n) is 5.82. The summed E-state index contributed by atoms with van der Waals surface area (Å²) in [7, 11) is 1.68. The summed E-state index contributed by atoms with van der Waals surface area (Å²) in [5.41, 5.74) is 3.45. The molecular formula is C19H22N4O. The maximum absolute atomic E-state index is 5.21. The molecule has 0 amide bonds. The highest BCUT2D eigenvalue weighted by atomic mass is 16.5. The Hall–Kier alpha value is -2.66. The fraction of sp³-hybridized carbons (Fsp3) is 0.263. The molecule has 124 valence electrons. The van der Waals surface area contributed by atoms with Gasteiger partial charge in [0.1, 0.15) is 18.4 Å². The van der Waals surface area contributed by atoms with Crippen molar-refractivity contribution in [1.29, 1.82) is 0 Å². The lowest BCUT2D eigenvalue weighted by Gasteiger charge is -2.21. The van der Waals surface area contributed by atoms with Gasteiger partial charge in [0.05, 0.1) is 12.8 Å². The van der Waals surface area contributed by atoms with Crippen molar-refractivity contribution in [1.82, 2.24) is 20.1 Å². The van der Waals surface area contributed by atoms with Gasteiger partial charge in [-0.3, -0.25) is 0 Å². The molecule has 0 aliphatic rings. The van der Waals surface area contributed by atoms with E-state index in [0.29, 0.717) is 0 Å². The van der Waals surface area contributed by atoms with Crippen LogP contribution in [0.1, 0.15) is 37.1 Å². The molecule has 3 rings (SSSR count). The molecule has 0 spiro atoms. The maximum Gasteiger partial charge on any atom is 0.138 e. The number of nitrogens with one attached hydrogen (secondary N) is 1. The summed E-state index contributed by atoms with van der Waals surface area (Å²) in [4.78, 5) is 4.00. The third-order valence-corrected chi connectivity index (χ3v) is 4.17. The van der Waals surface area contributed by atoms with Crippen LogP contribution in [0.5, 0.6) is 5.75 Å². The summed E-state index contributed by atoms with van der Waals surface area (Å²) in [6, 6.07) is 16.9. The molecule has 0 aliphatic heterocycles. The molecule has 0 unspecified atom stereocenters. The first-order chi connectivity index (χ1) is 11.7. The zero-order valence-corrected chi connectivity index (χ0v) is 14.2. The molecule has 0 radical (unpaired) electrons. The van der Waals surface area contributed by atoms with E-state index in [1.165, 1.54) is 11.1 Å². The molecule has 1 aromatic heterocycles. The van der Waals surface area contributed by atoms with Gasteiger partial charge in [0.2, 0.25) is 0 Å². The van der Waals surface area contributed by atoms with E-state index in [0.717, 1.165) is 11.4 Å². The number of nitrogens with zero attached hydrogens (tertiary/aromatic N) is 3. The van der Waals surface area contributed by atoms with Crippen molar-refractivity contribution in [2.45, 2.75) is 25.9 Å². The molecule has 2 atom stereocenters. The third-order valence-electron chi connectivity index (χ3n) is 4.17. The second-order valence-corrected chi connectivity index (χ2v) is 5.82. The molecule has 0 fully saturated rings. The topological polar surface area (TPSA) is 52.0 Å². The summed E-state index contributed by atoms with van der Waals surface area (Å²) in [5.74, 6) is 0.875. The Labute approximate surface area is 142 Å². The van der Waals surface area contributed by atoms with Crippen molar-refractivity contribution in [2.24, 2.45) is 0 Å². The number of rotatable bonds is 6. The van der Waals surface area contributed by atoms with Gasteiger partial charge in [-0.05, 0) is 49.2 Å². The van der Waals surface area contributed by atoms with E-state index >= 15 is 0 Å². The summed E-state index contributed by atoms with van der Waals surface area (Å²) in [6.45, 7) is 4.33. The number of hydrogen-bond acceptors (Lipinski definition) is 4. The van der Waals surface area contributed by atoms with E-state index < -0.39 is 0 Å². The SMILES string of the molecule is COc1ccc([C@H](C)N[C@@H](C)c2cccc(-n3cncn3)c2)cc1. The van der Waals surface area contributed by atoms with Crippen molar-refractivity contribution >= 4 is 0 Å². The van der Waals surface area contributed by atoms with Crippen LogP contribution in [0, 0.1) is 0 Å². The Morgan fingerprint density at radius 1 is 1.00 bits per heavy atom. The fourth-order valence-electron chi connectivity index (χ4n) is 2.74. The van der Waals surface area contributed by atoms with Gasteiger partial charge in [-0.25, -0.2) is 9.67 Å². The highest BCUT2D eigenvalue weighted by molar-refractivity contribution is 5.36. The minimum absolute atomic E-state index is 0.213. The van der Waals surface area contributed by atoms with Gasteiger partial charge in [0.15, 0.2) is 0 Å². The van der Waals surface area contributed by atoms with Crippen molar-refractivity contribution in [2.75, 3.05) is 7.11 Å². The summed E-state index contributed by atoms with van der Waals surface area (Å²) in [5, 5.41) is 7.82. The fourth-order valence-corrected chi connectivity index (χ4v) is 2.74. The van der Waals surface area contributed by atoms with E-state index in [4.69, 9.17) is 4.74 Å². The lowest BCUT2D eigenvalue weighted by Crippen LogP contribution is -2.22. The van der Waals surface area contributed by atoms with Crippen molar-refractivity contribution in [3.05, 3.63) is 72.3 Å². The van der Waals surface area contributed by atoms with Gasteiger partial charge in [0.25, 0.3) is 0 Å². The van der Waals surface area contributed by atoms with Gasteiger partial charge >= 0.3 is 0 Å². The normalized spacial score (nSPS) is 13.5. The van der Waals surface area contributed by atoms with E-state index in [-0.39, 0.29) is 12.1 Å². The van der Waals surface area contributed by atoms with Crippen LogP contribution in [-0.4, -0.2) is 21.9 Å². The van der Waals surface area contributed by atoms with Crippen LogP contribution >= 0.6 is 0 Å². The Morgan fingerprint density at radius 3 is 2.42 bits per heavy atom. The number of hydrogen-bond donors (Lipinski definition) is 1. The van der Waals surface area contributed by atoms with Crippen LogP contribution in [0.3, 0.4) is 0 Å². The standard InChI is InChI=1S/C19H22N4O/c1-14(16-7-9-19(24-3)10-8-16)22-15(2)17-5-4-6-18(11-17)23-13-20-12-21-23/h4-15,22H,1-3H3/t14-,15-/m0/s1. The van der Waals surface area contributed by atoms with Crippen LogP contribution < -0.4 is 10.1 Å². The molecular weight excluding hydrogens is 300 g/mol. The van der Waals surface area contributed by atoms with Crippen LogP contribution in [0.15, 0.2) is 61.2 Å². The van der Waals surface area contributed by atoms with Gasteiger partial charge in [0, 0.05) is 12.1 Å². The Morgan fingerprint density at radius 2 is 1.75 bits per heavy atom. The molecule has 0 aliphatic carbocycles. The molecule has 0 saturated heterocycles. The lowest BCUT2D eigenvalue weighted by molar-refractivity contribution is 0.414. The predicted molar refractivity (Wildman–Crippen MR) is 94.3 cm³/mol. The van der Waals surface area contributed by atoms with Crippen molar-refractivity contribution < 1.29 is 4.74 Å². The number of benzene rings is 2. The van der Waals surface area contributed by atoms with E-state index in [1.54, 1.807) is 24.4 Å². The monoisotopic (exact) mass is 322 g/mol. The molecule has 3 aromatic rings. The maximum atomic E-state index is 5.21. The molecule has 2 aromatic carbocycles. The van der Waals surface area contributed by atoms with Gasteiger partial charge in [-0.1, -0.05) is 24.3 Å². The number of aromatic nitrogens is 3. The molecule has 5 heteroatoms. The van der Waals surface area contributed by atoms with Gasteiger partial charge < -0.3 is 10.1 Å². The Balaban J connectivity index is 1.72. The second kappa shape index (κ2) is 7.27. The third kappa shape index (κ3) is 3.63. The van der Waals surface area contributed by atoms with E-state index in [9.17, 15) is 0 Å². The number of methoxy groups -OCH3 is 1. The average molecular weight is 322 g/mol. The first-order valence-electron chi connectivity index (χ1n) is 8.02. The van der Waals surface area contributed by atoms with E-state index in [2.05, 4.69) is 53.5 Å². The van der Waals surface area contributed by atoms with Crippen molar-refractivity contribution in [3.63, 3.8) is 0 Å². The smallest absolute Gasteiger partial charge is 0.138 e. The summed E-state index contributed by atoms with van der Waals surface area (Å²) in [6.07, 6.45) is 3.25. The minimum Gasteiger partial charge on any atom is -0.497 e. The first-order valence-corrected chi connectivity index (χ1v) is 8.02. The van der Waals surface area contributed by atoms with Crippen LogP contribution in [-0.2, 0) is 0 Å². The van der Waals surface area contributed by atoms with Crippen LogP contribution in [0.4, 0.5) is 0 Å². The van der Waals surface area contributed by atoms with E-state index in [1.807, 2.05) is 24.3 Å². The summed E-state index contributed by atoms with van der Waals surface area (Å²) < 4.78 is 6.98. The van der Waals surface area contributed by atoms with Crippen LogP contribution in [0.25, 0.3) is 5.69 Å². The highest BCUT2D eigenvalue weighted by Gasteiger charge is 2.12. The lowest BCUT2D eigenvalue weighted by atomic mass is 10.0. The molecule has 1 heterocycles. The minimum atomic E-state index is 0.213. The largest absolute Gasteiger partial charge is 0.497 e. The zero-order chi connectivity index (χ0) is 16.9. The molecule has 1 N–H and O–H groups in total.